The molecule has 13 rings (SSSR count). The van der Waals surface area contributed by atoms with Crippen molar-refractivity contribution in [2.24, 2.45) is 0 Å². The third-order valence-electron chi connectivity index (χ3n) is 19.3. The molecule has 0 unspecified atom stereocenters. The summed E-state index contributed by atoms with van der Waals surface area (Å²) in [5.41, 5.74) is 7.86. The van der Waals surface area contributed by atoms with Crippen molar-refractivity contribution in [2.45, 2.75) is 145 Å². The van der Waals surface area contributed by atoms with Crippen LogP contribution in [-0.2, 0) is 135 Å². The average molecular weight is 1490 g/mol. The molecule has 0 aromatic heterocycles. The zero-order valence-corrected chi connectivity index (χ0v) is 61.6. The molecule has 10 aromatic rings. The van der Waals surface area contributed by atoms with Crippen LogP contribution < -0.4 is 4.74 Å². The lowest BCUT2D eigenvalue weighted by Crippen LogP contribution is -2.74. The Labute approximate surface area is 642 Å². The molecule has 0 saturated carbocycles. The summed E-state index contributed by atoms with van der Waals surface area (Å²) >= 11 is 0. The van der Waals surface area contributed by atoms with Crippen molar-refractivity contribution in [1.82, 2.24) is 0 Å². The van der Waals surface area contributed by atoms with Gasteiger partial charge in [0.1, 0.15) is 79.5 Å². The minimum absolute atomic E-state index is 0.0137. The topological polar surface area (TPSA) is 200 Å². The van der Waals surface area contributed by atoms with Crippen LogP contribution in [0.5, 0.6) is 5.75 Å². The van der Waals surface area contributed by atoms with Gasteiger partial charge < -0.3 is 80.5 Å². The summed E-state index contributed by atoms with van der Waals surface area (Å²) < 4.78 is 124. The molecule has 3 heterocycles. The Kier molecular flexibility index (Phi) is 29.9. The van der Waals surface area contributed by atoms with E-state index in [-0.39, 0.29) is 105 Å². The minimum atomic E-state index is -2.31. The SMILES string of the molecule is CO[C@H]1O[C@H](COCc2ccccc2)[C@@H](O[C@]2(O[C@@H]3O[C@H](COCc4ccccc4)[C@H](OCc4ccccc4)[C@H](OCc4ccccc4)[C@H]3OCc3ccccc3)[C@H](OCc3ccccc3)[C@@H](OCCOc3ccc([N+](=O)[O-])cc3)CO[C@@H]2COCc2ccccc2)[C@H](OCc2ccccc2)[C@H]1OCc1ccccc1. The van der Waals surface area contributed by atoms with E-state index in [0.29, 0.717) is 5.75 Å². The fourth-order valence-corrected chi connectivity index (χ4v) is 13.7. The van der Waals surface area contributed by atoms with E-state index in [2.05, 4.69) is 0 Å². The lowest BCUT2D eigenvalue weighted by molar-refractivity contribution is -0.460. The van der Waals surface area contributed by atoms with Gasteiger partial charge in [0.25, 0.3) is 5.69 Å². The number of non-ortho nitro benzene ring substituents is 1. The second-order valence-electron chi connectivity index (χ2n) is 27.1. The lowest BCUT2D eigenvalue weighted by Gasteiger charge is -2.56. The number of ether oxygens (including phenoxy) is 17. The number of rotatable bonds is 41. The Morgan fingerprint density at radius 3 is 1.09 bits per heavy atom. The average Bonchev–Trinajstić information content (AvgIpc) is 0.732. The molecule has 0 bridgehead atoms. The summed E-state index contributed by atoms with van der Waals surface area (Å²) in [4.78, 5) is 11.3. The first-order valence-corrected chi connectivity index (χ1v) is 37.4. The van der Waals surface area contributed by atoms with Crippen molar-refractivity contribution >= 4 is 5.69 Å². The van der Waals surface area contributed by atoms with Crippen LogP contribution in [0.25, 0.3) is 0 Å². The predicted octanol–water partition coefficient (Wildman–Crippen LogP) is 15.1. The second-order valence-corrected chi connectivity index (χ2v) is 27.1. The second kappa shape index (κ2) is 41.7. The van der Waals surface area contributed by atoms with E-state index >= 15 is 0 Å². The molecule has 10 aromatic carbocycles. The molecule has 3 aliphatic heterocycles. The van der Waals surface area contributed by atoms with Crippen molar-refractivity contribution in [1.29, 1.82) is 0 Å². The normalized spacial score (nSPS) is 24.0. The highest BCUT2D eigenvalue weighted by Gasteiger charge is 2.64. The molecular weight excluding hydrogens is 1400 g/mol. The summed E-state index contributed by atoms with van der Waals surface area (Å²) in [5, 5.41) is 11.8. The number of methoxy groups -OCH3 is 1. The van der Waals surface area contributed by atoms with Crippen LogP contribution in [-0.4, -0.2) is 137 Å². The Bertz CT molecular complexity index is 4210. The van der Waals surface area contributed by atoms with E-state index in [1.54, 1.807) is 19.2 Å². The van der Waals surface area contributed by atoms with E-state index < -0.39 is 90.4 Å². The number of hydrogen-bond acceptors (Lipinski definition) is 19. The standard InChI is InChI=1S/C90H95NO19/c1-94-88-85(104-59-72-41-23-8-24-42-72)84(103-58-71-39-21-7-22-40-71)82(78(107-88)63-96-54-67-31-13-3-14-32-67)109-90(80(65-97-55-68-33-15-4-16-34-68)100-64-79(87(90)106-61-74-45-27-10-28-46-74)99-52-51-98-76-49-47-75(48-50-76)91(92)93)110-89-86(105-60-73-43-25-9-26-44-73)83(102-57-70-37-19-6-20-38-70)81(101-56-69-35-17-5-18-36-69)77(108-89)62-95-53-66-29-11-2-12-30-66/h2-50,77-89H,51-65H2,1H3/t77-,78-,79+,80-,81+,82-,83+,84+,85-,86-,87-,88+,89+,90-/m1/s1. The van der Waals surface area contributed by atoms with Gasteiger partial charge in [-0.05, 0) is 62.2 Å². The molecule has 0 aliphatic carbocycles. The summed E-state index contributed by atoms with van der Waals surface area (Å²) in [5.74, 6) is -1.92. The van der Waals surface area contributed by atoms with Crippen LogP contribution in [0, 0.1) is 10.1 Å². The molecular formula is C90H95NO19. The van der Waals surface area contributed by atoms with E-state index in [1.807, 2.05) is 273 Å². The molecule has 0 spiro atoms. The summed E-state index contributed by atoms with van der Waals surface area (Å²) in [7, 11) is 1.57. The number of nitro groups is 1. The number of nitrogens with zero attached hydrogens (tertiary/aromatic N) is 1. The fraction of sp³-hybridized carbons (Fsp3) is 0.333. The molecule has 0 amide bonds. The zero-order valence-electron chi connectivity index (χ0n) is 61.6. The number of hydrogen-bond donors (Lipinski definition) is 0. The Balaban J connectivity index is 1.01. The summed E-state index contributed by atoms with van der Waals surface area (Å²) in [6.07, 6.45) is -14.8. The number of nitro benzene ring substituents is 1. The van der Waals surface area contributed by atoms with Gasteiger partial charge in [-0.15, -0.1) is 0 Å². The van der Waals surface area contributed by atoms with Gasteiger partial charge in [-0.3, -0.25) is 10.1 Å². The van der Waals surface area contributed by atoms with Crippen molar-refractivity contribution in [2.75, 3.05) is 46.8 Å². The van der Waals surface area contributed by atoms with Crippen LogP contribution in [0.15, 0.2) is 297 Å². The molecule has 110 heavy (non-hydrogen) atoms. The van der Waals surface area contributed by atoms with E-state index in [1.165, 1.54) is 12.1 Å². The maximum Gasteiger partial charge on any atom is 0.269 e. The minimum Gasteiger partial charge on any atom is -0.491 e. The maximum atomic E-state index is 11.8. The lowest BCUT2D eigenvalue weighted by atomic mass is 9.91. The third-order valence-corrected chi connectivity index (χ3v) is 19.3. The van der Waals surface area contributed by atoms with Gasteiger partial charge in [0.15, 0.2) is 12.6 Å². The monoisotopic (exact) mass is 1490 g/mol. The van der Waals surface area contributed by atoms with Gasteiger partial charge in [0.05, 0.1) is 97.4 Å². The molecule has 3 aliphatic rings. The van der Waals surface area contributed by atoms with Crippen molar-refractivity contribution in [3.63, 3.8) is 0 Å². The maximum absolute atomic E-state index is 11.8. The molecule has 0 N–H and O–H groups in total. The Hall–Kier alpha value is -9.24. The van der Waals surface area contributed by atoms with Gasteiger partial charge in [0, 0.05) is 19.2 Å². The van der Waals surface area contributed by atoms with Crippen LogP contribution in [0.4, 0.5) is 5.69 Å². The van der Waals surface area contributed by atoms with Crippen molar-refractivity contribution in [3.05, 3.63) is 357 Å². The first kappa shape index (κ1) is 78.9. The molecule has 3 saturated heterocycles. The van der Waals surface area contributed by atoms with Gasteiger partial charge in [-0.1, -0.05) is 273 Å². The quantitative estimate of drug-likeness (QED) is 0.0151. The van der Waals surface area contributed by atoms with Crippen LogP contribution in [0.2, 0.25) is 0 Å². The van der Waals surface area contributed by atoms with E-state index in [4.69, 9.17) is 80.5 Å². The predicted molar refractivity (Wildman–Crippen MR) is 409 cm³/mol. The Morgan fingerprint density at radius 1 is 0.355 bits per heavy atom. The van der Waals surface area contributed by atoms with E-state index in [9.17, 15) is 10.1 Å². The van der Waals surface area contributed by atoms with Crippen LogP contribution in [0.3, 0.4) is 0 Å². The highest BCUT2D eigenvalue weighted by molar-refractivity contribution is 5.36. The molecule has 0 radical (unpaired) electrons. The largest absolute Gasteiger partial charge is 0.491 e. The van der Waals surface area contributed by atoms with Crippen LogP contribution in [0.1, 0.15) is 50.1 Å². The molecule has 20 nitrogen and oxygen atoms in total. The van der Waals surface area contributed by atoms with Crippen molar-refractivity contribution < 1.29 is 85.4 Å². The van der Waals surface area contributed by atoms with Crippen molar-refractivity contribution in [3.8, 4) is 5.75 Å². The molecule has 14 atom stereocenters. The third kappa shape index (κ3) is 22.5. The first-order valence-electron chi connectivity index (χ1n) is 37.4. The highest BCUT2D eigenvalue weighted by Crippen LogP contribution is 2.45. The smallest absolute Gasteiger partial charge is 0.269 e. The molecule has 3 fully saturated rings. The summed E-state index contributed by atoms with van der Waals surface area (Å²) in [6.45, 7) is 0.570. The van der Waals surface area contributed by atoms with Gasteiger partial charge in [-0.25, -0.2) is 0 Å². The fourth-order valence-electron chi connectivity index (χ4n) is 13.7. The van der Waals surface area contributed by atoms with Crippen LogP contribution >= 0.6 is 0 Å². The zero-order chi connectivity index (χ0) is 75.2. The molecule has 574 valence electrons. The Morgan fingerprint density at radius 2 is 0.691 bits per heavy atom. The van der Waals surface area contributed by atoms with Gasteiger partial charge in [-0.2, -0.15) is 0 Å². The summed E-state index contributed by atoms with van der Waals surface area (Å²) in [6, 6.07) is 94.7. The van der Waals surface area contributed by atoms with Gasteiger partial charge >= 0.3 is 0 Å². The van der Waals surface area contributed by atoms with Gasteiger partial charge in [0.2, 0.25) is 5.79 Å². The number of benzene rings is 10. The molecule has 20 heteroatoms. The van der Waals surface area contributed by atoms with E-state index in [0.717, 1.165) is 50.1 Å². The first-order chi connectivity index (χ1) is 54.3. The highest BCUT2D eigenvalue weighted by atomic mass is 16.8.